The van der Waals surface area contributed by atoms with Gasteiger partial charge in [-0.05, 0) is 41.7 Å². The SMILES string of the molecule is Nc1ncnc2c1ncn2C[C@@H]1CC[C@H](COCc2ccccc2)[C@H]1COCc1ccccc1. The summed E-state index contributed by atoms with van der Waals surface area (Å²) < 4.78 is 14.5. The number of benzene rings is 2. The van der Waals surface area contributed by atoms with Gasteiger partial charge >= 0.3 is 0 Å². The number of hydrogen-bond donors (Lipinski definition) is 1. The van der Waals surface area contributed by atoms with Crippen molar-refractivity contribution in [2.75, 3.05) is 18.9 Å². The molecule has 1 saturated carbocycles. The molecule has 2 N–H and O–H groups in total. The first-order valence-corrected chi connectivity index (χ1v) is 11.9. The summed E-state index contributed by atoms with van der Waals surface area (Å²) in [6, 6.07) is 20.7. The van der Waals surface area contributed by atoms with Gasteiger partial charge in [-0.15, -0.1) is 0 Å². The number of aromatic nitrogens is 4. The molecule has 7 nitrogen and oxygen atoms in total. The molecule has 2 heterocycles. The minimum Gasteiger partial charge on any atom is -0.382 e. The van der Waals surface area contributed by atoms with Crippen LogP contribution < -0.4 is 5.73 Å². The monoisotopic (exact) mass is 457 g/mol. The highest BCUT2D eigenvalue weighted by Crippen LogP contribution is 2.39. The second-order valence-electron chi connectivity index (χ2n) is 9.09. The molecule has 0 bridgehead atoms. The molecule has 0 aliphatic heterocycles. The Morgan fingerprint density at radius 2 is 1.44 bits per heavy atom. The lowest BCUT2D eigenvalue weighted by molar-refractivity contribution is 0.0196. The zero-order chi connectivity index (χ0) is 23.2. The maximum Gasteiger partial charge on any atom is 0.165 e. The van der Waals surface area contributed by atoms with Crippen molar-refractivity contribution >= 4 is 17.0 Å². The van der Waals surface area contributed by atoms with Crippen LogP contribution in [0.15, 0.2) is 73.3 Å². The Labute approximate surface area is 200 Å². The van der Waals surface area contributed by atoms with Crippen LogP contribution in [0.25, 0.3) is 11.2 Å². The summed E-state index contributed by atoms with van der Waals surface area (Å²) in [5.41, 5.74) is 9.85. The number of imidazole rings is 1. The van der Waals surface area contributed by atoms with E-state index in [0.29, 0.717) is 48.9 Å². The van der Waals surface area contributed by atoms with Crippen molar-refractivity contribution in [2.45, 2.75) is 32.6 Å². The molecule has 1 aliphatic rings. The summed E-state index contributed by atoms with van der Waals surface area (Å²) in [5.74, 6) is 1.73. The van der Waals surface area contributed by atoms with E-state index in [1.165, 1.54) is 17.5 Å². The molecular weight excluding hydrogens is 426 g/mol. The first kappa shape index (κ1) is 22.5. The zero-order valence-corrected chi connectivity index (χ0v) is 19.3. The molecule has 2 aromatic carbocycles. The van der Waals surface area contributed by atoms with Crippen molar-refractivity contribution in [3.8, 4) is 0 Å². The van der Waals surface area contributed by atoms with E-state index in [1.54, 1.807) is 0 Å². The molecule has 0 unspecified atom stereocenters. The number of rotatable bonds is 10. The molecule has 34 heavy (non-hydrogen) atoms. The summed E-state index contributed by atoms with van der Waals surface area (Å²) in [6.07, 6.45) is 5.59. The zero-order valence-electron chi connectivity index (χ0n) is 19.3. The van der Waals surface area contributed by atoms with Gasteiger partial charge in [0.05, 0.1) is 32.8 Å². The first-order valence-electron chi connectivity index (χ1n) is 11.9. The van der Waals surface area contributed by atoms with E-state index in [9.17, 15) is 0 Å². The normalized spacial score (nSPS) is 20.2. The number of nitrogens with two attached hydrogens (primary N) is 1. The summed E-state index contributed by atoms with van der Waals surface area (Å²) in [6.45, 7) is 3.55. The second kappa shape index (κ2) is 10.8. The largest absolute Gasteiger partial charge is 0.382 e. The molecule has 2 aromatic heterocycles. The number of ether oxygens (including phenoxy) is 2. The minimum atomic E-state index is 0.399. The quantitative estimate of drug-likeness (QED) is 0.378. The Hall–Kier alpha value is -3.29. The molecule has 3 atom stereocenters. The van der Waals surface area contributed by atoms with Crippen molar-refractivity contribution in [2.24, 2.45) is 17.8 Å². The Morgan fingerprint density at radius 3 is 2.15 bits per heavy atom. The van der Waals surface area contributed by atoms with Crippen LogP contribution in [0.4, 0.5) is 5.82 Å². The predicted octanol–water partition coefficient (Wildman–Crippen LogP) is 4.48. The lowest BCUT2D eigenvalue weighted by atomic mass is 9.90. The molecule has 0 saturated heterocycles. The lowest BCUT2D eigenvalue weighted by Gasteiger charge is -2.25. The Morgan fingerprint density at radius 1 is 0.794 bits per heavy atom. The van der Waals surface area contributed by atoms with Gasteiger partial charge in [0.15, 0.2) is 11.5 Å². The van der Waals surface area contributed by atoms with Crippen LogP contribution in [0.2, 0.25) is 0 Å². The summed E-state index contributed by atoms with van der Waals surface area (Å²) in [4.78, 5) is 12.9. The van der Waals surface area contributed by atoms with Crippen molar-refractivity contribution in [1.82, 2.24) is 19.5 Å². The van der Waals surface area contributed by atoms with Gasteiger partial charge in [-0.2, -0.15) is 0 Å². The predicted molar refractivity (Wildman–Crippen MR) is 132 cm³/mol. The van der Waals surface area contributed by atoms with Gasteiger partial charge in [-0.1, -0.05) is 60.7 Å². The van der Waals surface area contributed by atoms with E-state index < -0.39 is 0 Å². The molecule has 7 heteroatoms. The van der Waals surface area contributed by atoms with Crippen LogP contribution in [0.5, 0.6) is 0 Å². The molecule has 176 valence electrons. The average molecular weight is 458 g/mol. The van der Waals surface area contributed by atoms with Crippen LogP contribution in [0, 0.1) is 17.8 Å². The van der Waals surface area contributed by atoms with Crippen LogP contribution in [0.1, 0.15) is 24.0 Å². The summed E-state index contributed by atoms with van der Waals surface area (Å²) in [5, 5.41) is 0. The van der Waals surface area contributed by atoms with Crippen molar-refractivity contribution < 1.29 is 9.47 Å². The fraction of sp³-hybridized carbons (Fsp3) is 0.370. The van der Waals surface area contributed by atoms with Crippen molar-refractivity contribution in [1.29, 1.82) is 0 Å². The molecule has 0 spiro atoms. The maximum atomic E-state index is 6.23. The summed E-state index contributed by atoms with van der Waals surface area (Å²) >= 11 is 0. The molecular formula is C27H31N5O2. The highest BCUT2D eigenvalue weighted by molar-refractivity contribution is 5.81. The van der Waals surface area contributed by atoms with Crippen molar-refractivity contribution in [3.63, 3.8) is 0 Å². The number of anilines is 1. The highest BCUT2D eigenvalue weighted by atomic mass is 16.5. The maximum absolute atomic E-state index is 6.23. The van der Waals surface area contributed by atoms with Crippen LogP contribution in [0.3, 0.4) is 0 Å². The van der Waals surface area contributed by atoms with Crippen LogP contribution in [-0.4, -0.2) is 32.7 Å². The van der Waals surface area contributed by atoms with Crippen LogP contribution >= 0.6 is 0 Å². The van der Waals surface area contributed by atoms with E-state index in [1.807, 2.05) is 18.5 Å². The van der Waals surface area contributed by atoms with Gasteiger partial charge < -0.3 is 19.8 Å². The standard InChI is InChI=1S/C27H31N5O2/c28-26-25-27(30-18-29-26)32(19-31-25)13-22-11-12-23(16-33-14-20-7-3-1-4-8-20)24(22)17-34-15-21-9-5-2-6-10-21/h1-10,18-19,22-24H,11-17H2,(H2,28,29,30)/t22-,23+,24-/m0/s1. The van der Waals surface area contributed by atoms with Gasteiger partial charge in [0.2, 0.25) is 0 Å². The molecule has 0 radical (unpaired) electrons. The molecule has 0 amide bonds. The minimum absolute atomic E-state index is 0.399. The second-order valence-corrected chi connectivity index (χ2v) is 9.09. The van der Waals surface area contributed by atoms with E-state index in [4.69, 9.17) is 15.2 Å². The smallest absolute Gasteiger partial charge is 0.165 e. The third-order valence-electron chi connectivity index (χ3n) is 6.85. The van der Waals surface area contributed by atoms with E-state index in [-0.39, 0.29) is 0 Å². The van der Waals surface area contributed by atoms with Gasteiger partial charge in [0.1, 0.15) is 11.8 Å². The lowest BCUT2D eigenvalue weighted by Crippen LogP contribution is -2.26. The highest BCUT2D eigenvalue weighted by Gasteiger charge is 2.36. The van der Waals surface area contributed by atoms with E-state index in [2.05, 4.69) is 68.0 Å². The first-order chi connectivity index (χ1) is 16.8. The number of nitrogens with zero attached hydrogens (tertiary/aromatic N) is 4. The topological polar surface area (TPSA) is 88.1 Å². The number of hydrogen-bond acceptors (Lipinski definition) is 6. The van der Waals surface area contributed by atoms with Crippen LogP contribution in [-0.2, 0) is 29.2 Å². The average Bonchev–Trinajstić information content (AvgIpc) is 3.46. The molecule has 5 rings (SSSR count). The third-order valence-corrected chi connectivity index (χ3v) is 6.85. The van der Waals surface area contributed by atoms with E-state index >= 15 is 0 Å². The Bertz CT molecular complexity index is 1180. The van der Waals surface area contributed by atoms with Crippen molar-refractivity contribution in [3.05, 3.63) is 84.4 Å². The molecule has 1 fully saturated rings. The van der Waals surface area contributed by atoms with Gasteiger partial charge in [0.25, 0.3) is 0 Å². The number of fused-ring (bicyclic) bond motifs is 1. The van der Waals surface area contributed by atoms with Gasteiger partial charge in [-0.3, -0.25) is 0 Å². The third kappa shape index (κ3) is 5.26. The number of nitrogen functional groups attached to an aromatic ring is 1. The summed E-state index contributed by atoms with van der Waals surface area (Å²) in [7, 11) is 0. The van der Waals surface area contributed by atoms with E-state index in [0.717, 1.165) is 31.6 Å². The molecule has 1 aliphatic carbocycles. The van der Waals surface area contributed by atoms with Gasteiger partial charge in [0, 0.05) is 6.54 Å². The Kier molecular flexibility index (Phi) is 7.12. The van der Waals surface area contributed by atoms with Gasteiger partial charge in [-0.25, -0.2) is 15.0 Å². The molecule has 4 aromatic rings. The fourth-order valence-corrected chi connectivity index (χ4v) is 5.02. The fourth-order valence-electron chi connectivity index (χ4n) is 5.02. The Balaban J connectivity index is 1.26.